The van der Waals surface area contributed by atoms with Gasteiger partial charge in [0.1, 0.15) is 5.60 Å². The Balaban J connectivity index is 1.61. The van der Waals surface area contributed by atoms with E-state index in [0.29, 0.717) is 12.1 Å². The molecule has 0 aromatic rings. The minimum Gasteiger partial charge on any atom is -0.444 e. The third kappa shape index (κ3) is 5.50. The molecular formula is C17H32N2O2. The van der Waals surface area contributed by atoms with Crippen molar-refractivity contribution in [3.63, 3.8) is 0 Å². The van der Waals surface area contributed by atoms with E-state index in [4.69, 9.17) is 4.74 Å². The summed E-state index contributed by atoms with van der Waals surface area (Å²) in [5.74, 6) is 0.844. The summed E-state index contributed by atoms with van der Waals surface area (Å²) < 4.78 is 5.29. The Morgan fingerprint density at radius 1 is 1.10 bits per heavy atom. The third-order valence-electron chi connectivity index (χ3n) is 4.71. The van der Waals surface area contributed by atoms with E-state index >= 15 is 0 Å². The van der Waals surface area contributed by atoms with E-state index < -0.39 is 5.60 Å². The molecule has 2 aliphatic rings. The molecule has 21 heavy (non-hydrogen) atoms. The van der Waals surface area contributed by atoms with Crippen molar-refractivity contribution in [2.45, 2.75) is 96.4 Å². The highest BCUT2D eigenvalue weighted by Crippen LogP contribution is 2.28. The quantitative estimate of drug-likeness (QED) is 0.833. The van der Waals surface area contributed by atoms with Crippen LogP contribution in [-0.4, -0.2) is 29.8 Å². The lowest BCUT2D eigenvalue weighted by Gasteiger charge is -2.40. The van der Waals surface area contributed by atoms with Crippen LogP contribution in [0.15, 0.2) is 0 Å². The fraction of sp³-hybridized carbons (Fsp3) is 0.941. The number of amides is 1. The Morgan fingerprint density at radius 2 is 1.71 bits per heavy atom. The normalized spacial score (nSPS) is 28.6. The Labute approximate surface area is 129 Å². The van der Waals surface area contributed by atoms with Crippen molar-refractivity contribution in [2.75, 3.05) is 0 Å². The average Bonchev–Trinajstić information content (AvgIpc) is 2.35. The fourth-order valence-electron chi connectivity index (χ4n) is 3.49. The number of alkyl carbamates (subject to hydrolysis) is 1. The van der Waals surface area contributed by atoms with Crippen LogP contribution in [0, 0.1) is 5.92 Å². The molecule has 2 fully saturated rings. The van der Waals surface area contributed by atoms with Crippen LogP contribution in [0.4, 0.5) is 4.79 Å². The SMILES string of the molecule is C[C@@H](NC1CC(NC(=O)OC(C)(C)C)C1)C1CCCCC1. The smallest absolute Gasteiger partial charge is 0.407 e. The molecule has 0 bridgehead atoms. The molecule has 2 saturated carbocycles. The zero-order valence-corrected chi connectivity index (χ0v) is 14.1. The molecule has 0 radical (unpaired) electrons. The molecule has 2 N–H and O–H groups in total. The highest BCUT2D eigenvalue weighted by atomic mass is 16.6. The molecule has 0 spiro atoms. The minimum atomic E-state index is -0.416. The summed E-state index contributed by atoms with van der Waals surface area (Å²) in [6.07, 6.45) is 8.71. The van der Waals surface area contributed by atoms with Gasteiger partial charge < -0.3 is 15.4 Å². The summed E-state index contributed by atoms with van der Waals surface area (Å²) in [6, 6.07) is 1.44. The zero-order chi connectivity index (χ0) is 15.5. The van der Waals surface area contributed by atoms with E-state index in [9.17, 15) is 4.79 Å². The molecule has 0 aromatic heterocycles. The van der Waals surface area contributed by atoms with Crippen LogP contribution in [0.3, 0.4) is 0 Å². The van der Waals surface area contributed by atoms with Crippen LogP contribution in [0.2, 0.25) is 0 Å². The lowest BCUT2D eigenvalue weighted by molar-refractivity contribution is 0.0460. The molecule has 2 rings (SSSR count). The van der Waals surface area contributed by atoms with Crippen LogP contribution in [0.1, 0.15) is 72.6 Å². The molecule has 122 valence electrons. The fourth-order valence-corrected chi connectivity index (χ4v) is 3.49. The van der Waals surface area contributed by atoms with E-state index in [0.717, 1.165) is 18.8 Å². The van der Waals surface area contributed by atoms with Gasteiger partial charge in [0, 0.05) is 18.1 Å². The van der Waals surface area contributed by atoms with E-state index in [2.05, 4.69) is 17.6 Å². The van der Waals surface area contributed by atoms with E-state index in [-0.39, 0.29) is 12.1 Å². The predicted molar refractivity (Wildman–Crippen MR) is 85.4 cm³/mol. The Morgan fingerprint density at radius 3 is 2.29 bits per heavy atom. The third-order valence-corrected chi connectivity index (χ3v) is 4.71. The van der Waals surface area contributed by atoms with Gasteiger partial charge in [-0.05, 0) is 59.3 Å². The van der Waals surface area contributed by atoms with Crippen LogP contribution >= 0.6 is 0 Å². The molecule has 0 heterocycles. The summed E-state index contributed by atoms with van der Waals surface area (Å²) in [7, 11) is 0. The van der Waals surface area contributed by atoms with Crippen molar-refractivity contribution < 1.29 is 9.53 Å². The van der Waals surface area contributed by atoms with Gasteiger partial charge in [0.25, 0.3) is 0 Å². The van der Waals surface area contributed by atoms with E-state index in [1.807, 2.05) is 20.8 Å². The lowest BCUT2D eigenvalue weighted by Crippen LogP contribution is -2.55. The zero-order valence-electron chi connectivity index (χ0n) is 14.1. The van der Waals surface area contributed by atoms with Crippen molar-refractivity contribution in [1.29, 1.82) is 0 Å². The minimum absolute atomic E-state index is 0.274. The van der Waals surface area contributed by atoms with Crippen LogP contribution in [0.5, 0.6) is 0 Å². The number of nitrogens with one attached hydrogen (secondary N) is 2. The number of hydrogen-bond acceptors (Lipinski definition) is 3. The predicted octanol–water partition coefficient (Wildman–Crippen LogP) is 3.60. The first-order chi connectivity index (χ1) is 9.83. The Hall–Kier alpha value is -0.770. The maximum atomic E-state index is 11.7. The van der Waals surface area contributed by atoms with Crippen LogP contribution in [-0.2, 0) is 4.74 Å². The average molecular weight is 296 g/mol. The first-order valence-corrected chi connectivity index (χ1v) is 8.59. The molecule has 2 aliphatic carbocycles. The van der Waals surface area contributed by atoms with Crippen LogP contribution in [0.25, 0.3) is 0 Å². The number of carbonyl (C=O) groups is 1. The standard InChI is InChI=1S/C17H32N2O2/c1-12(13-8-6-5-7-9-13)18-14-10-15(11-14)19-16(20)21-17(2,3)4/h12-15,18H,5-11H2,1-4H3,(H,19,20)/t12-,14?,15?/m1/s1. The number of hydrogen-bond donors (Lipinski definition) is 2. The van der Waals surface area contributed by atoms with Gasteiger partial charge in [0.2, 0.25) is 0 Å². The Kier molecular flexibility index (Phi) is 5.53. The van der Waals surface area contributed by atoms with Gasteiger partial charge in [-0.15, -0.1) is 0 Å². The maximum Gasteiger partial charge on any atom is 0.407 e. The highest BCUT2D eigenvalue weighted by Gasteiger charge is 2.33. The largest absolute Gasteiger partial charge is 0.444 e. The first kappa shape index (κ1) is 16.6. The number of ether oxygens (including phenoxy) is 1. The van der Waals surface area contributed by atoms with E-state index in [1.54, 1.807) is 0 Å². The maximum absolute atomic E-state index is 11.7. The second-order valence-corrected chi connectivity index (χ2v) is 7.86. The number of carbonyl (C=O) groups excluding carboxylic acids is 1. The van der Waals surface area contributed by atoms with Gasteiger partial charge in [-0.3, -0.25) is 0 Å². The van der Waals surface area contributed by atoms with Crippen molar-refractivity contribution >= 4 is 6.09 Å². The summed E-state index contributed by atoms with van der Waals surface area (Å²) in [6.45, 7) is 8.00. The van der Waals surface area contributed by atoms with Gasteiger partial charge >= 0.3 is 6.09 Å². The monoisotopic (exact) mass is 296 g/mol. The first-order valence-electron chi connectivity index (χ1n) is 8.59. The van der Waals surface area contributed by atoms with Gasteiger partial charge in [-0.1, -0.05) is 19.3 Å². The lowest BCUT2D eigenvalue weighted by atomic mass is 9.81. The topological polar surface area (TPSA) is 50.4 Å². The second-order valence-electron chi connectivity index (χ2n) is 7.86. The van der Waals surface area contributed by atoms with Gasteiger partial charge in [0.15, 0.2) is 0 Å². The summed E-state index contributed by atoms with van der Waals surface area (Å²) in [5.41, 5.74) is -0.416. The summed E-state index contributed by atoms with van der Waals surface area (Å²) in [5, 5.41) is 6.70. The van der Waals surface area contributed by atoms with Crippen molar-refractivity contribution in [3.8, 4) is 0 Å². The Bertz CT molecular complexity index is 339. The van der Waals surface area contributed by atoms with Gasteiger partial charge in [0.05, 0.1) is 0 Å². The molecule has 4 heteroatoms. The van der Waals surface area contributed by atoms with Gasteiger partial charge in [-0.25, -0.2) is 4.79 Å². The molecule has 0 saturated heterocycles. The van der Waals surface area contributed by atoms with E-state index in [1.165, 1.54) is 32.1 Å². The molecule has 1 amide bonds. The molecule has 1 atom stereocenters. The van der Waals surface area contributed by atoms with Gasteiger partial charge in [-0.2, -0.15) is 0 Å². The van der Waals surface area contributed by atoms with Crippen molar-refractivity contribution in [3.05, 3.63) is 0 Å². The summed E-state index contributed by atoms with van der Waals surface area (Å²) >= 11 is 0. The number of rotatable bonds is 4. The van der Waals surface area contributed by atoms with Crippen molar-refractivity contribution in [2.24, 2.45) is 5.92 Å². The molecule has 4 nitrogen and oxygen atoms in total. The van der Waals surface area contributed by atoms with Crippen LogP contribution < -0.4 is 10.6 Å². The van der Waals surface area contributed by atoms with Crippen molar-refractivity contribution in [1.82, 2.24) is 10.6 Å². The highest BCUT2D eigenvalue weighted by molar-refractivity contribution is 5.68. The second kappa shape index (κ2) is 6.99. The molecule has 0 unspecified atom stereocenters. The molecule has 0 aliphatic heterocycles. The molecule has 0 aromatic carbocycles. The summed E-state index contributed by atoms with van der Waals surface area (Å²) in [4.78, 5) is 11.7. The molecular weight excluding hydrogens is 264 g/mol.